The van der Waals surface area contributed by atoms with Crippen molar-refractivity contribution >= 4 is 52.1 Å². The van der Waals surface area contributed by atoms with Crippen LogP contribution in [0.2, 0.25) is 0 Å². The first kappa shape index (κ1) is 58.7. The summed E-state index contributed by atoms with van der Waals surface area (Å²) in [5.74, 6) is -2.41. The molecule has 424 valence electrons. The first-order chi connectivity index (χ1) is 38.0. The fraction of sp³-hybridized carbons (Fsp3) is 0.453. The summed E-state index contributed by atoms with van der Waals surface area (Å²) in [5, 5.41) is 20.3. The zero-order chi connectivity index (χ0) is 57.6. The highest BCUT2D eigenvalue weighted by Gasteiger charge is 2.47. The Bertz CT molecular complexity index is 3090. The summed E-state index contributed by atoms with van der Waals surface area (Å²) in [7, 11) is 3.36. The number of nitrogens with one attached hydrogen (secondary N) is 6. The third-order valence-electron chi connectivity index (χ3n) is 16.3. The second kappa shape index (κ2) is 24.9. The summed E-state index contributed by atoms with van der Waals surface area (Å²) >= 11 is 0. The summed E-state index contributed by atoms with van der Waals surface area (Å²) < 4.78 is 0. The molecule has 0 spiro atoms. The number of likely N-dealkylation sites (tertiary alicyclic amines) is 1. The average molecular weight is 1090 g/mol. The predicted octanol–water partition coefficient (Wildman–Crippen LogP) is 6.49. The molecular formula is C64H81N9O7. The predicted molar refractivity (Wildman–Crippen MR) is 311 cm³/mol. The third-order valence-corrected chi connectivity index (χ3v) is 16.3. The van der Waals surface area contributed by atoms with Gasteiger partial charge in [0.05, 0.1) is 18.1 Å². The minimum atomic E-state index is -0.969. The van der Waals surface area contributed by atoms with Crippen LogP contribution in [0.5, 0.6) is 0 Å². The van der Waals surface area contributed by atoms with Gasteiger partial charge in [-0.05, 0) is 127 Å². The fourth-order valence-corrected chi connectivity index (χ4v) is 11.2. The Hall–Kier alpha value is -7.43. The van der Waals surface area contributed by atoms with E-state index in [9.17, 15) is 24.0 Å². The van der Waals surface area contributed by atoms with Crippen LogP contribution in [0.25, 0.3) is 10.8 Å². The number of benzene rings is 5. The van der Waals surface area contributed by atoms with Gasteiger partial charge >= 0.3 is 0 Å². The van der Waals surface area contributed by atoms with E-state index in [1.54, 1.807) is 49.9 Å². The summed E-state index contributed by atoms with van der Waals surface area (Å²) in [6.07, 6.45) is 3.00. The molecule has 0 bridgehead atoms. The number of hydrogen-bond donors (Lipinski definition) is 6. The number of likely N-dealkylation sites (N-methyl/N-ethyl adjacent to an activating group) is 2. The van der Waals surface area contributed by atoms with E-state index in [-0.39, 0.29) is 74.6 Å². The van der Waals surface area contributed by atoms with Crippen molar-refractivity contribution in [3.05, 3.63) is 154 Å². The lowest BCUT2D eigenvalue weighted by atomic mass is 9.84. The average Bonchev–Trinajstić information content (AvgIpc) is 3.91. The van der Waals surface area contributed by atoms with Gasteiger partial charge in [0.25, 0.3) is 5.91 Å². The molecule has 80 heavy (non-hydrogen) atoms. The highest BCUT2D eigenvalue weighted by atomic mass is 16.2. The van der Waals surface area contributed by atoms with Crippen LogP contribution >= 0.6 is 0 Å². The molecule has 6 N–H and O–H groups in total. The van der Waals surface area contributed by atoms with Crippen LogP contribution in [0.3, 0.4) is 0 Å². The molecule has 8 atom stereocenters. The van der Waals surface area contributed by atoms with Crippen LogP contribution in [0.15, 0.2) is 115 Å². The van der Waals surface area contributed by atoms with Crippen LogP contribution in [0, 0.1) is 10.8 Å². The standard InChI is InChI=1S/C64H81N9O7/c1-39(65-9)56(74)69-54(63(3,4)5)61(79)72-37-48-22-14-13-21-47(48)33-53(72)60(78)71(36-42-28-29-43-18-11-12-20-46(43)32-42)35-41-26-30-45(31-27-41)58(76)67-49-34-52(59(77)68-51-25-17-23-44-19-15-16-24-50(44)51)73(38-49)62(80)55(64(6,7)8)70-57(75)40(2)66-10/h11-16,18-22,24,26-32,39-40,49,51-55,65-66H,17,23,25,33-38H2,1-10H3,(H,67,76)(H,68,77)(H,69,74)(H,70,75)/t39?,40?,49-,51+,52-,53?,54?,55?/m0/s1. The Morgan fingerprint density at radius 1 is 0.613 bits per heavy atom. The monoisotopic (exact) mass is 1090 g/mol. The molecule has 3 aliphatic rings. The number of nitrogens with zero attached hydrogens (tertiary/aromatic N) is 3. The van der Waals surface area contributed by atoms with E-state index >= 15 is 9.59 Å². The lowest BCUT2D eigenvalue weighted by Gasteiger charge is -2.42. The van der Waals surface area contributed by atoms with Gasteiger partial charge in [0, 0.05) is 44.2 Å². The van der Waals surface area contributed by atoms with Gasteiger partial charge in [0.15, 0.2) is 0 Å². The molecule has 8 rings (SSSR count). The zero-order valence-corrected chi connectivity index (χ0v) is 48.2. The maximum Gasteiger partial charge on any atom is 0.251 e. The molecule has 5 unspecified atom stereocenters. The van der Waals surface area contributed by atoms with Crippen molar-refractivity contribution in [3.8, 4) is 0 Å². The van der Waals surface area contributed by atoms with Gasteiger partial charge < -0.3 is 46.6 Å². The molecule has 5 aromatic rings. The van der Waals surface area contributed by atoms with Crippen molar-refractivity contribution in [2.24, 2.45) is 10.8 Å². The normalized spacial score (nSPS) is 19.6. The maximum atomic E-state index is 15.5. The molecule has 16 heteroatoms. The van der Waals surface area contributed by atoms with E-state index in [0.717, 1.165) is 57.9 Å². The number of carbonyl (C=O) groups excluding carboxylic acids is 7. The fourth-order valence-electron chi connectivity index (χ4n) is 11.2. The number of carbonyl (C=O) groups is 7. The Morgan fingerprint density at radius 3 is 1.79 bits per heavy atom. The largest absolute Gasteiger partial charge is 0.347 e. The minimum absolute atomic E-state index is 0.0426. The van der Waals surface area contributed by atoms with E-state index in [0.29, 0.717) is 5.56 Å². The molecule has 0 saturated carbocycles. The van der Waals surface area contributed by atoms with E-state index in [1.165, 1.54) is 10.5 Å². The molecule has 1 aliphatic carbocycles. The van der Waals surface area contributed by atoms with Crippen LogP contribution < -0.4 is 31.9 Å². The first-order valence-electron chi connectivity index (χ1n) is 28.2. The molecule has 1 saturated heterocycles. The van der Waals surface area contributed by atoms with Crippen molar-refractivity contribution in [3.63, 3.8) is 0 Å². The Morgan fingerprint density at radius 2 is 1.16 bits per heavy atom. The molecule has 7 amide bonds. The molecule has 5 aromatic carbocycles. The van der Waals surface area contributed by atoms with Crippen LogP contribution in [-0.4, -0.2) is 119 Å². The Kier molecular flexibility index (Phi) is 18.3. The zero-order valence-electron chi connectivity index (χ0n) is 48.2. The van der Waals surface area contributed by atoms with Gasteiger partial charge in [0.2, 0.25) is 35.4 Å². The van der Waals surface area contributed by atoms with Crippen LogP contribution in [0.4, 0.5) is 0 Å². The topological polar surface area (TPSA) is 201 Å². The molecule has 2 heterocycles. The van der Waals surface area contributed by atoms with Crippen molar-refractivity contribution < 1.29 is 33.6 Å². The van der Waals surface area contributed by atoms with E-state index in [4.69, 9.17) is 0 Å². The lowest BCUT2D eigenvalue weighted by molar-refractivity contribution is -0.151. The van der Waals surface area contributed by atoms with E-state index < -0.39 is 64.9 Å². The number of fused-ring (bicyclic) bond motifs is 3. The van der Waals surface area contributed by atoms with Crippen LogP contribution in [-0.2, 0) is 61.2 Å². The van der Waals surface area contributed by atoms with Crippen molar-refractivity contribution in [2.75, 3.05) is 20.6 Å². The van der Waals surface area contributed by atoms with Crippen molar-refractivity contribution in [1.82, 2.24) is 46.6 Å². The van der Waals surface area contributed by atoms with E-state index in [1.807, 2.05) is 133 Å². The number of aryl methyl sites for hydroxylation is 1. The summed E-state index contributed by atoms with van der Waals surface area (Å²) in [6, 6.07) is 31.4. The molecule has 2 aliphatic heterocycles. The van der Waals surface area contributed by atoms with Crippen LogP contribution in [0.1, 0.15) is 124 Å². The van der Waals surface area contributed by atoms with Gasteiger partial charge in [-0.1, -0.05) is 139 Å². The van der Waals surface area contributed by atoms with Gasteiger partial charge in [-0.3, -0.25) is 33.6 Å². The quantitative estimate of drug-likeness (QED) is 0.0602. The molecular weight excluding hydrogens is 1010 g/mol. The molecule has 16 nitrogen and oxygen atoms in total. The maximum absolute atomic E-state index is 15.5. The Balaban J connectivity index is 1.05. The van der Waals surface area contributed by atoms with Crippen molar-refractivity contribution in [1.29, 1.82) is 0 Å². The summed E-state index contributed by atoms with van der Waals surface area (Å²) in [5.41, 5.74) is 4.69. The van der Waals surface area contributed by atoms with Gasteiger partial charge in [-0.25, -0.2) is 0 Å². The second-order valence-electron chi connectivity index (χ2n) is 24.2. The second-order valence-corrected chi connectivity index (χ2v) is 24.2. The lowest BCUT2D eigenvalue weighted by Crippen LogP contribution is -2.62. The molecule has 0 radical (unpaired) electrons. The molecule has 1 fully saturated rings. The number of amides is 7. The van der Waals surface area contributed by atoms with Gasteiger partial charge in [-0.2, -0.15) is 0 Å². The summed E-state index contributed by atoms with van der Waals surface area (Å²) in [6.45, 7) is 15.4. The first-order valence-corrected chi connectivity index (χ1v) is 28.2. The van der Waals surface area contributed by atoms with E-state index in [2.05, 4.69) is 44.0 Å². The highest BCUT2D eigenvalue weighted by molar-refractivity contribution is 5.97. The van der Waals surface area contributed by atoms with Gasteiger partial charge in [-0.15, -0.1) is 0 Å². The van der Waals surface area contributed by atoms with Crippen molar-refractivity contribution in [2.45, 2.75) is 155 Å². The molecule has 0 aromatic heterocycles. The third kappa shape index (κ3) is 13.6. The minimum Gasteiger partial charge on any atom is -0.347 e. The number of hydrogen-bond acceptors (Lipinski definition) is 9. The highest BCUT2D eigenvalue weighted by Crippen LogP contribution is 2.33. The smallest absolute Gasteiger partial charge is 0.251 e. The SMILES string of the molecule is CNC(C)C(=O)NC(C(=O)N1Cc2ccccc2CC1C(=O)N(Cc1ccc(C(=O)N[C@H]2C[C@@H](C(=O)N[C@@H]3CCCc4ccccc43)N(C(=O)C(NC(=O)C(C)NC)C(C)(C)C)C2)cc1)Cc1ccc2ccccc2c1)C(C)(C)C. The summed E-state index contributed by atoms with van der Waals surface area (Å²) in [4.78, 5) is 106. The Labute approximate surface area is 471 Å². The van der Waals surface area contributed by atoms with Gasteiger partial charge in [0.1, 0.15) is 24.2 Å². The number of rotatable bonds is 17.